The Kier molecular flexibility index (Phi) is 4.85. The lowest BCUT2D eigenvalue weighted by atomic mass is 9.81. The molecular formula is C20H26N6O. The van der Waals surface area contributed by atoms with Crippen LogP contribution in [0.2, 0.25) is 0 Å². The number of hydrogen-bond donors (Lipinski definition) is 3. The van der Waals surface area contributed by atoms with Crippen LogP contribution in [0.25, 0.3) is 5.65 Å². The molecule has 7 nitrogen and oxygen atoms in total. The molecule has 0 atom stereocenters. The van der Waals surface area contributed by atoms with Crippen molar-refractivity contribution in [1.29, 1.82) is 0 Å². The van der Waals surface area contributed by atoms with E-state index in [-0.39, 0.29) is 6.04 Å². The molecule has 0 spiro atoms. The van der Waals surface area contributed by atoms with Gasteiger partial charge in [-0.3, -0.25) is 0 Å². The predicted molar refractivity (Wildman–Crippen MR) is 107 cm³/mol. The van der Waals surface area contributed by atoms with Gasteiger partial charge < -0.3 is 21.5 Å². The number of nitrogens with two attached hydrogens (primary N) is 2. The van der Waals surface area contributed by atoms with Crippen LogP contribution in [-0.4, -0.2) is 27.2 Å². The Labute approximate surface area is 158 Å². The van der Waals surface area contributed by atoms with E-state index in [1.54, 1.807) is 10.7 Å². The van der Waals surface area contributed by atoms with Gasteiger partial charge in [0.15, 0.2) is 5.65 Å². The number of fused-ring (bicyclic) bond motifs is 1. The molecule has 0 bridgehead atoms. The third-order valence-corrected chi connectivity index (χ3v) is 5.22. The molecule has 0 aliphatic heterocycles. The molecule has 7 heteroatoms. The van der Waals surface area contributed by atoms with Crippen molar-refractivity contribution in [3.05, 3.63) is 42.2 Å². The van der Waals surface area contributed by atoms with Gasteiger partial charge in [0, 0.05) is 29.7 Å². The molecule has 2 heterocycles. The van der Waals surface area contributed by atoms with E-state index >= 15 is 0 Å². The average molecular weight is 366 g/mol. The van der Waals surface area contributed by atoms with E-state index in [1.807, 2.05) is 37.4 Å². The second kappa shape index (κ2) is 7.44. The molecule has 0 radical (unpaired) electrons. The fraction of sp³-hybridized carbons (Fsp3) is 0.400. The summed E-state index contributed by atoms with van der Waals surface area (Å²) in [5.41, 5.74) is 16.2. The van der Waals surface area contributed by atoms with Gasteiger partial charge in [-0.25, -0.2) is 9.50 Å². The van der Waals surface area contributed by atoms with E-state index in [4.69, 9.17) is 16.2 Å². The Morgan fingerprint density at radius 2 is 1.93 bits per heavy atom. The number of nitrogens with zero attached hydrogens (tertiary/aromatic N) is 3. The first-order valence-corrected chi connectivity index (χ1v) is 9.54. The maximum absolute atomic E-state index is 6.38. The largest absolute Gasteiger partial charge is 0.494 e. The van der Waals surface area contributed by atoms with Crippen LogP contribution in [-0.2, 0) is 0 Å². The first-order chi connectivity index (χ1) is 13.2. The summed E-state index contributed by atoms with van der Waals surface area (Å²) < 4.78 is 7.26. The van der Waals surface area contributed by atoms with Crippen molar-refractivity contribution >= 4 is 22.8 Å². The Morgan fingerprint density at radius 1 is 1.19 bits per heavy atom. The van der Waals surface area contributed by atoms with Gasteiger partial charge in [0.05, 0.1) is 12.3 Å². The molecule has 1 aromatic carbocycles. The molecule has 142 valence electrons. The molecule has 1 saturated carbocycles. The summed E-state index contributed by atoms with van der Waals surface area (Å²) in [4.78, 5) is 4.51. The number of aromatic nitrogens is 3. The fourth-order valence-electron chi connectivity index (χ4n) is 3.86. The Balaban J connectivity index is 1.73. The summed E-state index contributed by atoms with van der Waals surface area (Å²) in [7, 11) is 0. The summed E-state index contributed by atoms with van der Waals surface area (Å²) >= 11 is 0. The highest BCUT2D eigenvalue weighted by molar-refractivity contribution is 5.80. The van der Waals surface area contributed by atoms with E-state index in [1.165, 1.54) is 0 Å². The number of anilines is 3. The summed E-state index contributed by atoms with van der Waals surface area (Å²) in [5, 5.41) is 8.04. The van der Waals surface area contributed by atoms with Gasteiger partial charge in [-0.1, -0.05) is 0 Å². The van der Waals surface area contributed by atoms with Crippen LogP contribution in [0.5, 0.6) is 5.75 Å². The number of nitrogen functional groups attached to an aromatic ring is 1. The quantitative estimate of drug-likeness (QED) is 0.639. The van der Waals surface area contributed by atoms with Gasteiger partial charge in [-0.2, -0.15) is 0 Å². The maximum Gasteiger partial charge on any atom is 0.177 e. The molecule has 0 unspecified atom stereocenters. The van der Waals surface area contributed by atoms with Crippen LogP contribution in [0.1, 0.15) is 44.1 Å². The lowest BCUT2D eigenvalue weighted by Crippen LogP contribution is -2.26. The molecule has 27 heavy (non-hydrogen) atoms. The molecule has 1 aliphatic rings. The van der Waals surface area contributed by atoms with Crippen molar-refractivity contribution in [3.8, 4) is 5.75 Å². The van der Waals surface area contributed by atoms with Crippen molar-refractivity contribution in [2.45, 2.75) is 44.6 Å². The van der Waals surface area contributed by atoms with Crippen molar-refractivity contribution in [2.75, 3.05) is 17.7 Å². The van der Waals surface area contributed by atoms with Crippen LogP contribution in [0.15, 0.2) is 36.7 Å². The van der Waals surface area contributed by atoms with Crippen LogP contribution < -0.4 is 21.5 Å². The number of ether oxygens (including phenoxy) is 1. The predicted octanol–water partition coefficient (Wildman–Crippen LogP) is 3.44. The standard InChI is InChI=1S/C20H26N6O/c1-2-27-16-9-7-15(8-10-16)24-18-17(13-3-5-14(21)6-4-13)19(22)25-26-12-11-23-20(18)26/h7-14,24H,2-6,21H2,1H3,(H2,22,25)/t13-,14-. The molecule has 2 aromatic heterocycles. The van der Waals surface area contributed by atoms with E-state index in [0.29, 0.717) is 18.3 Å². The SMILES string of the molecule is CCOc1ccc(Nc2c3nccn3nc(N)c2[C@H]2CC[C@H](N)CC2)cc1. The minimum absolute atomic E-state index is 0.285. The molecule has 0 saturated heterocycles. The molecule has 0 amide bonds. The molecular weight excluding hydrogens is 340 g/mol. The number of nitrogens with one attached hydrogen (secondary N) is 1. The number of hydrogen-bond acceptors (Lipinski definition) is 6. The van der Waals surface area contributed by atoms with Crippen molar-refractivity contribution < 1.29 is 4.74 Å². The zero-order valence-electron chi connectivity index (χ0n) is 15.6. The van der Waals surface area contributed by atoms with Crippen molar-refractivity contribution in [3.63, 3.8) is 0 Å². The highest BCUT2D eigenvalue weighted by atomic mass is 16.5. The first-order valence-electron chi connectivity index (χ1n) is 9.54. The fourth-order valence-corrected chi connectivity index (χ4v) is 3.86. The van der Waals surface area contributed by atoms with Gasteiger partial charge >= 0.3 is 0 Å². The molecule has 3 aromatic rings. The Bertz CT molecular complexity index is 912. The third kappa shape index (κ3) is 3.55. The summed E-state index contributed by atoms with van der Waals surface area (Å²) in [5.74, 6) is 1.74. The van der Waals surface area contributed by atoms with Crippen LogP contribution in [0, 0.1) is 0 Å². The second-order valence-corrected chi connectivity index (χ2v) is 7.06. The molecule has 1 aliphatic carbocycles. The Hall–Kier alpha value is -2.80. The zero-order valence-corrected chi connectivity index (χ0v) is 15.6. The van der Waals surface area contributed by atoms with Gasteiger partial charge in [-0.15, -0.1) is 5.10 Å². The van der Waals surface area contributed by atoms with Gasteiger partial charge in [0.25, 0.3) is 0 Å². The second-order valence-electron chi connectivity index (χ2n) is 7.06. The van der Waals surface area contributed by atoms with Gasteiger partial charge in [-0.05, 0) is 62.8 Å². The minimum Gasteiger partial charge on any atom is -0.494 e. The lowest BCUT2D eigenvalue weighted by Gasteiger charge is -2.28. The summed E-state index contributed by atoms with van der Waals surface area (Å²) in [6, 6.07) is 8.20. The van der Waals surface area contributed by atoms with Gasteiger partial charge in [0.2, 0.25) is 0 Å². The number of rotatable bonds is 5. The molecule has 5 N–H and O–H groups in total. The van der Waals surface area contributed by atoms with E-state index in [2.05, 4.69) is 15.4 Å². The summed E-state index contributed by atoms with van der Waals surface area (Å²) in [6.45, 7) is 2.62. The number of imidazole rings is 1. The zero-order chi connectivity index (χ0) is 18.8. The lowest BCUT2D eigenvalue weighted by molar-refractivity contribution is 0.340. The van der Waals surface area contributed by atoms with E-state index < -0.39 is 0 Å². The van der Waals surface area contributed by atoms with Gasteiger partial charge in [0.1, 0.15) is 11.6 Å². The van der Waals surface area contributed by atoms with Crippen LogP contribution >= 0.6 is 0 Å². The van der Waals surface area contributed by atoms with E-state index in [9.17, 15) is 0 Å². The highest BCUT2D eigenvalue weighted by Gasteiger charge is 2.27. The van der Waals surface area contributed by atoms with Crippen LogP contribution in [0.4, 0.5) is 17.2 Å². The highest BCUT2D eigenvalue weighted by Crippen LogP contribution is 2.41. The van der Waals surface area contributed by atoms with Crippen LogP contribution in [0.3, 0.4) is 0 Å². The Morgan fingerprint density at radius 3 is 2.63 bits per heavy atom. The minimum atomic E-state index is 0.285. The first kappa shape index (κ1) is 17.6. The topological polar surface area (TPSA) is 103 Å². The van der Waals surface area contributed by atoms with Crippen molar-refractivity contribution in [1.82, 2.24) is 14.6 Å². The summed E-state index contributed by atoms with van der Waals surface area (Å²) in [6.07, 6.45) is 7.60. The average Bonchev–Trinajstić information content (AvgIpc) is 3.13. The monoisotopic (exact) mass is 366 g/mol. The smallest absolute Gasteiger partial charge is 0.177 e. The third-order valence-electron chi connectivity index (χ3n) is 5.22. The van der Waals surface area contributed by atoms with Crippen molar-refractivity contribution in [2.24, 2.45) is 5.73 Å². The van der Waals surface area contributed by atoms with E-state index in [0.717, 1.165) is 54.0 Å². The normalized spacial score (nSPS) is 19.9. The molecule has 1 fully saturated rings. The molecule has 4 rings (SSSR count). The number of benzene rings is 1. The maximum atomic E-state index is 6.38.